The topological polar surface area (TPSA) is 0 Å². The number of hydrogen-bond acceptors (Lipinski definition) is 0. The van der Waals surface area contributed by atoms with Gasteiger partial charge in [0.1, 0.15) is 0 Å². The van der Waals surface area contributed by atoms with Crippen LogP contribution in [-0.2, 0) is 0 Å². The maximum atomic E-state index is 4.43. The highest BCUT2D eigenvalue weighted by atomic mass is 14.6. The Morgan fingerprint density at radius 3 is 2.57 bits per heavy atom. The molecule has 5 atom stereocenters. The van der Waals surface area contributed by atoms with Crippen LogP contribution in [0.4, 0.5) is 0 Å². The molecule has 5 unspecified atom stereocenters. The van der Waals surface area contributed by atoms with Gasteiger partial charge in [-0.2, -0.15) is 0 Å². The molecule has 124 valence electrons. The highest BCUT2D eigenvalue weighted by Gasteiger charge is 2.57. The van der Waals surface area contributed by atoms with Gasteiger partial charge in [0.15, 0.2) is 0 Å². The summed E-state index contributed by atoms with van der Waals surface area (Å²) in [4.78, 5) is 0. The van der Waals surface area contributed by atoms with Crippen LogP contribution < -0.4 is 0 Å². The Hall–Kier alpha value is -1.04. The van der Waals surface area contributed by atoms with E-state index in [0.717, 1.165) is 17.8 Å². The summed E-state index contributed by atoms with van der Waals surface area (Å²) < 4.78 is 0. The van der Waals surface area contributed by atoms with Crippen LogP contribution in [0.2, 0.25) is 0 Å². The summed E-state index contributed by atoms with van der Waals surface area (Å²) >= 11 is 0. The molecule has 0 bridgehead atoms. The largest absolute Gasteiger partial charge is 0.0958 e. The molecular formula is C23H32. The van der Waals surface area contributed by atoms with Gasteiger partial charge in [0, 0.05) is 0 Å². The first-order chi connectivity index (χ1) is 10.9. The van der Waals surface area contributed by atoms with E-state index in [1.54, 1.807) is 11.1 Å². The van der Waals surface area contributed by atoms with Gasteiger partial charge in [0.2, 0.25) is 0 Å². The fraction of sp³-hybridized carbons (Fsp3) is 0.652. The van der Waals surface area contributed by atoms with Crippen molar-refractivity contribution in [2.75, 3.05) is 0 Å². The van der Waals surface area contributed by atoms with E-state index in [4.69, 9.17) is 0 Å². The van der Waals surface area contributed by atoms with Crippen LogP contribution in [0.1, 0.15) is 65.7 Å². The number of hydrogen-bond donors (Lipinski definition) is 0. The first-order valence-corrected chi connectivity index (χ1v) is 9.64. The first-order valence-electron chi connectivity index (χ1n) is 9.64. The van der Waals surface area contributed by atoms with Crippen molar-refractivity contribution in [2.45, 2.75) is 65.7 Å². The molecule has 0 heteroatoms. The second kappa shape index (κ2) is 4.98. The van der Waals surface area contributed by atoms with Crippen LogP contribution >= 0.6 is 0 Å². The van der Waals surface area contributed by atoms with Crippen molar-refractivity contribution in [3.8, 4) is 0 Å². The van der Waals surface area contributed by atoms with Crippen molar-refractivity contribution in [3.05, 3.63) is 47.6 Å². The fourth-order valence-corrected chi connectivity index (χ4v) is 6.99. The SMILES string of the molecule is C=C1C=C2CCC3C(CCC4(C)/C(=C/C)C(=C)CC34)C2(C)CC1. The third kappa shape index (κ3) is 1.96. The average molecular weight is 309 g/mol. The molecule has 4 aliphatic rings. The van der Waals surface area contributed by atoms with E-state index in [0.29, 0.717) is 10.8 Å². The van der Waals surface area contributed by atoms with Gasteiger partial charge in [-0.05, 0) is 86.0 Å². The summed E-state index contributed by atoms with van der Waals surface area (Å²) in [5.41, 5.74) is 6.96. The van der Waals surface area contributed by atoms with Crippen molar-refractivity contribution in [3.63, 3.8) is 0 Å². The quantitative estimate of drug-likeness (QED) is 0.472. The van der Waals surface area contributed by atoms with Gasteiger partial charge in [-0.25, -0.2) is 0 Å². The van der Waals surface area contributed by atoms with E-state index in [1.807, 2.05) is 0 Å². The Morgan fingerprint density at radius 1 is 1.04 bits per heavy atom. The van der Waals surface area contributed by atoms with E-state index >= 15 is 0 Å². The van der Waals surface area contributed by atoms with E-state index < -0.39 is 0 Å². The molecule has 4 aliphatic carbocycles. The number of rotatable bonds is 0. The number of fused-ring (bicyclic) bond motifs is 5. The van der Waals surface area contributed by atoms with Gasteiger partial charge < -0.3 is 0 Å². The molecule has 0 radical (unpaired) electrons. The third-order valence-corrected chi connectivity index (χ3v) is 8.22. The smallest absolute Gasteiger partial charge is 0.00418 e. The third-order valence-electron chi connectivity index (χ3n) is 8.22. The van der Waals surface area contributed by atoms with Crippen LogP contribution in [0.25, 0.3) is 0 Å². The Bertz CT molecular complexity index is 630. The Labute approximate surface area is 142 Å². The maximum absolute atomic E-state index is 4.43. The second-order valence-electron chi connectivity index (χ2n) is 9.13. The summed E-state index contributed by atoms with van der Waals surface area (Å²) in [6.45, 7) is 16.0. The molecule has 0 aromatic rings. The van der Waals surface area contributed by atoms with Gasteiger partial charge in [-0.15, -0.1) is 0 Å². The molecule has 0 aromatic carbocycles. The van der Waals surface area contributed by atoms with Gasteiger partial charge in [0.25, 0.3) is 0 Å². The summed E-state index contributed by atoms with van der Waals surface area (Å²) in [5.74, 6) is 2.62. The van der Waals surface area contributed by atoms with Crippen molar-refractivity contribution < 1.29 is 0 Å². The standard InChI is InChI=1S/C23H32/c1-6-19-16(3)14-21-18-8-7-17-13-15(2)9-11-22(17,4)20(18)10-12-23(19,21)5/h6,13,18,20-21H,2-3,7-12,14H2,1,4-5H3/b19-6+. The molecule has 4 rings (SSSR count). The van der Waals surface area contributed by atoms with Crippen LogP contribution in [-0.4, -0.2) is 0 Å². The van der Waals surface area contributed by atoms with Crippen molar-refractivity contribution in [2.24, 2.45) is 28.6 Å². The molecule has 0 aromatic heterocycles. The lowest BCUT2D eigenvalue weighted by Gasteiger charge is -2.57. The highest BCUT2D eigenvalue weighted by Crippen LogP contribution is 2.67. The van der Waals surface area contributed by atoms with Crippen LogP contribution in [0.3, 0.4) is 0 Å². The molecular weight excluding hydrogens is 276 g/mol. The maximum Gasteiger partial charge on any atom is -0.00418 e. The minimum absolute atomic E-state index is 0.406. The predicted octanol–water partition coefficient (Wildman–Crippen LogP) is 6.62. The molecule has 0 N–H and O–H groups in total. The summed E-state index contributed by atoms with van der Waals surface area (Å²) in [5, 5.41) is 0. The van der Waals surface area contributed by atoms with E-state index in [2.05, 4.69) is 46.1 Å². The minimum atomic E-state index is 0.406. The molecule has 0 amide bonds. The predicted molar refractivity (Wildman–Crippen MR) is 99.1 cm³/mol. The first kappa shape index (κ1) is 15.5. The molecule has 0 aliphatic heterocycles. The normalized spacial score (nSPS) is 47.9. The van der Waals surface area contributed by atoms with Crippen LogP contribution in [0, 0.1) is 28.6 Å². The highest BCUT2D eigenvalue weighted by molar-refractivity contribution is 5.43. The molecule has 0 spiro atoms. The van der Waals surface area contributed by atoms with Gasteiger partial charge >= 0.3 is 0 Å². The zero-order valence-corrected chi connectivity index (χ0v) is 15.3. The molecule has 0 nitrogen and oxygen atoms in total. The van der Waals surface area contributed by atoms with Crippen molar-refractivity contribution in [1.29, 1.82) is 0 Å². The molecule has 0 saturated heterocycles. The van der Waals surface area contributed by atoms with E-state index in [1.165, 1.54) is 56.1 Å². The van der Waals surface area contributed by atoms with Crippen molar-refractivity contribution in [1.82, 2.24) is 0 Å². The lowest BCUT2D eigenvalue weighted by atomic mass is 9.47. The minimum Gasteiger partial charge on any atom is -0.0958 e. The summed E-state index contributed by atoms with van der Waals surface area (Å²) in [6, 6.07) is 0. The van der Waals surface area contributed by atoms with Gasteiger partial charge in [0.05, 0.1) is 0 Å². The molecule has 3 saturated carbocycles. The Balaban J connectivity index is 1.72. The van der Waals surface area contributed by atoms with Gasteiger partial charge in [-0.1, -0.05) is 55.9 Å². The Morgan fingerprint density at radius 2 is 1.83 bits per heavy atom. The lowest BCUT2D eigenvalue weighted by molar-refractivity contribution is -0.0234. The Kier molecular flexibility index (Phi) is 3.35. The molecule has 3 fully saturated rings. The van der Waals surface area contributed by atoms with Crippen molar-refractivity contribution >= 4 is 0 Å². The zero-order valence-electron chi connectivity index (χ0n) is 15.3. The summed E-state index contributed by atoms with van der Waals surface area (Å²) in [6.07, 6.45) is 14.1. The summed E-state index contributed by atoms with van der Waals surface area (Å²) in [7, 11) is 0. The zero-order chi connectivity index (χ0) is 16.4. The van der Waals surface area contributed by atoms with E-state index in [9.17, 15) is 0 Å². The van der Waals surface area contributed by atoms with E-state index in [-0.39, 0.29) is 0 Å². The van der Waals surface area contributed by atoms with Gasteiger partial charge in [-0.3, -0.25) is 0 Å². The lowest BCUT2D eigenvalue weighted by Crippen LogP contribution is -2.49. The monoisotopic (exact) mass is 308 g/mol. The second-order valence-corrected chi connectivity index (χ2v) is 9.13. The molecule has 0 heterocycles. The fourth-order valence-electron chi connectivity index (χ4n) is 6.99. The van der Waals surface area contributed by atoms with Crippen LogP contribution in [0.15, 0.2) is 47.6 Å². The average Bonchev–Trinajstić information content (AvgIpc) is 2.77. The number of allylic oxidation sites excluding steroid dienone is 6. The van der Waals surface area contributed by atoms with Crippen LogP contribution in [0.5, 0.6) is 0 Å². The molecule has 23 heavy (non-hydrogen) atoms.